The SMILES string of the molecule is O=c1c(P(=O)(O)O)nc2ccccc2n1C1CC2CCC(C1)N2C12CC3CC(CC1C3)C2. The van der Waals surface area contributed by atoms with Gasteiger partial charge in [0, 0.05) is 23.7 Å². The van der Waals surface area contributed by atoms with Gasteiger partial charge in [0.05, 0.1) is 11.0 Å². The molecule has 170 valence electrons. The van der Waals surface area contributed by atoms with Crippen LogP contribution in [-0.4, -0.2) is 41.9 Å². The molecule has 4 aliphatic carbocycles. The van der Waals surface area contributed by atoms with Crippen LogP contribution in [0.2, 0.25) is 0 Å². The molecule has 0 radical (unpaired) electrons. The van der Waals surface area contributed by atoms with Gasteiger partial charge < -0.3 is 14.4 Å². The molecule has 4 atom stereocenters. The molecule has 2 saturated heterocycles. The van der Waals surface area contributed by atoms with Gasteiger partial charge in [0.25, 0.3) is 5.56 Å². The maximum Gasteiger partial charge on any atom is 0.380 e. The van der Waals surface area contributed by atoms with Gasteiger partial charge in [-0.3, -0.25) is 14.3 Å². The second-order valence-electron chi connectivity index (χ2n) is 11.2. The zero-order valence-corrected chi connectivity index (χ0v) is 19.0. The molecule has 4 saturated carbocycles. The first-order chi connectivity index (χ1) is 15.3. The van der Waals surface area contributed by atoms with Gasteiger partial charge >= 0.3 is 7.60 Å². The Hall–Kier alpha value is -1.53. The number of nitrogens with zero attached hydrogens (tertiary/aromatic N) is 3. The Balaban J connectivity index is 1.29. The lowest BCUT2D eigenvalue weighted by atomic mass is 9.78. The van der Waals surface area contributed by atoms with Crippen LogP contribution in [0.15, 0.2) is 29.1 Å². The molecular formula is C24H30N3O4P. The van der Waals surface area contributed by atoms with Crippen molar-refractivity contribution in [2.75, 3.05) is 0 Å². The number of hydrogen-bond donors (Lipinski definition) is 2. The Morgan fingerprint density at radius 3 is 2.25 bits per heavy atom. The smallest absolute Gasteiger partial charge is 0.320 e. The fourth-order valence-corrected chi connectivity index (χ4v) is 9.55. The Morgan fingerprint density at radius 1 is 0.938 bits per heavy atom. The quantitative estimate of drug-likeness (QED) is 0.691. The van der Waals surface area contributed by atoms with E-state index in [0.29, 0.717) is 28.7 Å². The van der Waals surface area contributed by atoms with Crippen LogP contribution in [0.3, 0.4) is 0 Å². The number of hydrogen-bond acceptors (Lipinski definition) is 4. The van der Waals surface area contributed by atoms with Crippen molar-refractivity contribution in [1.82, 2.24) is 14.5 Å². The van der Waals surface area contributed by atoms with Crippen LogP contribution >= 0.6 is 7.60 Å². The third-order valence-corrected chi connectivity index (χ3v) is 10.4. The van der Waals surface area contributed by atoms with Crippen molar-refractivity contribution in [3.63, 3.8) is 0 Å². The molecule has 4 unspecified atom stereocenters. The molecule has 1 aromatic heterocycles. The van der Waals surface area contributed by atoms with E-state index < -0.39 is 18.6 Å². The molecule has 3 heterocycles. The average Bonchev–Trinajstić information content (AvgIpc) is 3.26. The first-order valence-electron chi connectivity index (χ1n) is 12.2. The highest BCUT2D eigenvalue weighted by Crippen LogP contribution is 2.65. The summed E-state index contributed by atoms with van der Waals surface area (Å²) in [4.78, 5) is 39.9. The Morgan fingerprint density at radius 2 is 1.59 bits per heavy atom. The number of fused-ring (bicyclic) bond motifs is 3. The van der Waals surface area contributed by atoms with Crippen molar-refractivity contribution >= 4 is 24.1 Å². The van der Waals surface area contributed by atoms with Crippen LogP contribution in [0.1, 0.15) is 63.8 Å². The summed E-state index contributed by atoms with van der Waals surface area (Å²) < 4.78 is 13.7. The van der Waals surface area contributed by atoms with Crippen molar-refractivity contribution in [2.24, 2.45) is 17.8 Å². The fraction of sp³-hybridized carbons (Fsp3) is 0.667. The predicted octanol–water partition coefficient (Wildman–Crippen LogP) is 2.95. The molecular weight excluding hydrogens is 425 g/mol. The predicted molar refractivity (Wildman–Crippen MR) is 121 cm³/mol. The Labute approximate surface area is 187 Å². The topological polar surface area (TPSA) is 95.7 Å². The summed E-state index contributed by atoms with van der Waals surface area (Å²) in [6.07, 6.45) is 11.1. The summed E-state index contributed by atoms with van der Waals surface area (Å²) in [5, 5.41) is 0. The van der Waals surface area contributed by atoms with Crippen molar-refractivity contribution in [1.29, 1.82) is 0 Å². The highest BCUT2D eigenvalue weighted by molar-refractivity contribution is 7.59. The Bertz CT molecular complexity index is 1190. The minimum Gasteiger partial charge on any atom is -0.320 e. The lowest BCUT2D eigenvalue weighted by molar-refractivity contribution is -0.0244. The molecule has 2 aliphatic heterocycles. The minimum absolute atomic E-state index is 0.0401. The van der Waals surface area contributed by atoms with Gasteiger partial charge in [-0.05, 0) is 87.7 Å². The fourth-order valence-electron chi connectivity index (χ4n) is 8.95. The zero-order valence-electron chi connectivity index (χ0n) is 18.1. The largest absolute Gasteiger partial charge is 0.380 e. The van der Waals surface area contributed by atoms with Crippen LogP contribution in [0, 0.1) is 17.8 Å². The zero-order chi connectivity index (χ0) is 21.8. The van der Waals surface area contributed by atoms with Crippen LogP contribution in [0.25, 0.3) is 11.0 Å². The van der Waals surface area contributed by atoms with Gasteiger partial charge in [0.15, 0.2) is 0 Å². The number of para-hydroxylation sites is 2. The second kappa shape index (κ2) is 6.53. The van der Waals surface area contributed by atoms with E-state index in [1.807, 2.05) is 12.1 Å². The minimum atomic E-state index is -4.75. The van der Waals surface area contributed by atoms with Gasteiger partial charge in [-0.2, -0.15) is 0 Å². The molecule has 6 aliphatic rings. The molecule has 2 aromatic rings. The van der Waals surface area contributed by atoms with Crippen molar-refractivity contribution < 1.29 is 14.4 Å². The van der Waals surface area contributed by atoms with Crippen molar-refractivity contribution in [3.05, 3.63) is 34.6 Å². The highest BCUT2D eigenvalue weighted by Gasteiger charge is 2.64. The van der Waals surface area contributed by atoms with Crippen molar-refractivity contribution in [3.8, 4) is 0 Å². The summed E-state index contributed by atoms with van der Waals surface area (Å²) in [5.74, 6) is 2.70. The summed E-state index contributed by atoms with van der Waals surface area (Å²) in [6, 6.07) is 8.15. The number of benzene rings is 1. The lowest BCUT2D eigenvalue weighted by Gasteiger charge is -2.52. The molecule has 8 heteroatoms. The van der Waals surface area contributed by atoms with E-state index in [0.717, 1.165) is 30.6 Å². The van der Waals surface area contributed by atoms with Gasteiger partial charge in [-0.25, -0.2) is 4.98 Å². The normalized spacial score (nSPS) is 40.6. The molecule has 7 nitrogen and oxygen atoms in total. The summed E-state index contributed by atoms with van der Waals surface area (Å²) >= 11 is 0. The summed E-state index contributed by atoms with van der Waals surface area (Å²) in [5.41, 5.74) is 0.328. The van der Waals surface area contributed by atoms with E-state index in [2.05, 4.69) is 9.88 Å². The van der Waals surface area contributed by atoms with E-state index >= 15 is 0 Å². The van der Waals surface area contributed by atoms with E-state index in [1.54, 1.807) is 16.7 Å². The average molecular weight is 455 g/mol. The van der Waals surface area contributed by atoms with E-state index in [9.17, 15) is 19.1 Å². The maximum atomic E-state index is 13.3. The van der Waals surface area contributed by atoms with Gasteiger partial charge in [-0.1, -0.05) is 12.1 Å². The number of aromatic nitrogens is 2. The summed E-state index contributed by atoms with van der Waals surface area (Å²) in [6.45, 7) is 0. The lowest BCUT2D eigenvalue weighted by Crippen LogP contribution is -2.58. The monoisotopic (exact) mass is 455 g/mol. The molecule has 0 amide bonds. The van der Waals surface area contributed by atoms with Crippen LogP contribution < -0.4 is 11.0 Å². The van der Waals surface area contributed by atoms with Gasteiger partial charge in [0.1, 0.15) is 0 Å². The standard InChI is InChI=1S/C24H30N3O4P/c28-23-22(32(29,30)31)25-20-3-1-2-4-21(20)26(23)19-10-17-5-6-18(11-19)27(17)24-12-14-7-15(13-24)9-16(24)8-14/h1-4,14-19H,5-13H2,(H2,29,30,31). The highest BCUT2D eigenvalue weighted by atomic mass is 31.2. The molecule has 6 fully saturated rings. The molecule has 6 bridgehead atoms. The second-order valence-corrected chi connectivity index (χ2v) is 12.7. The number of piperidine rings is 1. The molecule has 1 aromatic carbocycles. The van der Waals surface area contributed by atoms with Crippen LogP contribution in [-0.2, 0) is 4.57 Å². The van der Waals surface area contributed by atoms with Crippen LogP contribution in [0.4, 0.5) is 0 Å². The van der Waals surface area contributed by atoms with E-state index in [4.69, 9.17) is 0 Å². The first kappa shape index (κ1) is 19.9. The third-order valence-electron chi connectivity index (χ3n) is 9.59. The van der Waals surface area contributed by atoms with E-state index in [1.165, 1.54) is 44.9 Å². The van der Waals surface area contributed by atoms with Crippen molar-refractivity contribution in [2.45, 2.75) is 81.5 Å². The summed E-state index contributed by atoms with van der Waals surface area (Å²) in [7, 11) is -4.75. The Kier molecular flexibility index (Phi) is 4.06. The molecule has 8 rings (SSSR count). The van der Waals surface area contributed by atoms with E-state index in [-0.39, 0.29) is 6.04 Å². The van der Waals surface area contributed by atoms with Gasteiger partial charge in [0.2, 0.25) is 5.44 Å². The van der Waals surface area contributed by atoms with Gasteiger partial charge in [-0.15, -0.1) is 0 Å². The van der Waals surface area contributed by atoms with Crippen LogP contribution in [0.5, 0.6) is 0 Å². The maximum absolute atomic E-state index is 13.3. The first-order valence-corrected chi connectivity index (χ1v) is 13.8. The molecule has 32 heavy (non-hydrogen) atoms. The molecule has 0 spiro atoms. The number of rotatable bonds is 3. The molecule has 2 N–H and O–H groups in total. The third kappa shape index (κ3) is 2.62.